The van der Waals surface area contributed by atoms with Gasteiger partial charge >= 0.3 is 0 Å². The first-order valence-electron chi connectivity index (χ1n) is 6.94. The molecule has 2 rings (SSSR count). The maximum atomic E-state index is 12.3. The molecule has 0 saturated heterocycles. The topological polar surface area (TPSA) is 58.5 Å². The van der Waals surface area contributed by atoms with Gasteiger partial charge in [0.25, 0.3) is 10.0 Å². The van der Waals surface area contributed by atoms with Crippen LogP contribution in [-0.2, 0) is 16.4 Å². The van der Waals surface area contributed by atoms with Crippen LogP contribution in [0.15, 0.2) is 39.6 Å². The molecule has 6 heteroatoms. The molecule has 1 aliphatic heterocycles. The number of thioether (sulfide) groups is 1. The lowest BCUT2D eigenvalue weighted by Gasteiger charge is -2.18. The zero-order valence-electron chi connectivity index (χ0n) is 12.3. The fourth-order valence-electron chi connectivity index (χ4n) is 1.97. The van der Waals surface area contributed by atoms with Crippen molar-refractivity contribution in [1.82, 2.24) is 0 Å². The van der Waals surface area contributed by atoms with Crippen molar-refractivity contribution in [2.45, 2.75) is 38.0 Å². The quantitative estimate of drug-likeness (QED) is 0.837. The summed E-state index contributed by atoms with van der Waals surface area (Å²) in [4.78, 5) is 0.274. The summed E-state index contributed by atoms with van der Waals surface area (Å²) in [7, 11) is -3.61. The van der Waals surface area contributed by atoms with Gasteiger partial charge in [0.15, 0.2) is 5.17 Å². The van der Waals surface area contributed by atoms with E-state index in [0.29, 0.717) is 16.6 Å². The Bertz CT molecular complexity index is 679. The minimum Gasteiger partial charge on any atom is -0.333 e. The number of fused-ring (bicyclic) bond motifs is 1. The number of rotatable bonds is 5. The molecule has 0 atom stereocenters. The molecule has 1 aromatic carbocycles. The van der Waals surface area contributed by atoms with Gasteiger partial charge in [-0.25, -0.2) is 0 Å². The van der Waals surface area contributed by atoms with Gasteiger partial charge in [-0.05, 0) is 37.5 Å². The van der Waals surface area contributed by atoms with Gasteiger partial charge < -0.3 is 5.32 Å². The molecule has 4 nitrogen and oxygen atoms in total. The van der Waals surface area contributed by atoms with E-state index >= 15 is 0 Å². The molecule has 1 heterocycles. The van der Waals surface area contributed by atoms with E-state index in [0.717, 1.165) is 30.4 Å². The van der Waals surface area contributed by atoms with Crippen molar-refractivity contribution in [3.63, 3.8) is 0 Å². The number of benzene rings is 1. The Morgan fingerprint density at radius 3 is 2.86 bits per heavy atom. The van der Waals surface area contributed by atoms with E-state index < -0.39 is 10.0 Å². The molecule has 0 aromatic heterocycles. The predicted octanol–water partition coefficient (Wildman–Crippen LogP) is 3.81. The highest BCUT2D eigenvalue weighted by atomic mass is 32.2. The minimum atomic E-state index is -3.61. The highest BCUT2D eigenvalue weighted by Crippen LogP contribution is 2.31. The van der Waals surface area contributed by atoms with E-state index in [9.17, 15) is 8.42 Å². The number of hydrogen-bond donors (Lipinski definition) is 1. The Kier molecular flexibility index (Phi) is 5.11. The van der Waals surface area contributed by atoms with Crippen LogP contribution in [0.3, 0.4) is 0 Å². The molecule has 21 heavy (non-hydrogen) atoms. The molecule has 0 spiro atoms. The second-order valence-electron chi connectivity index (χ2n) is 5.18. The fourth-order valence-corrected chi connectivity index (χ4v) is 4.10. The van der Waals surface area contributed by atoms with Gasteiger partial charge in [-0.15, -0.1) is 4.40 Å². The van der Waals surface area contributed by atoms with Crippen LogP contribution in [0.25, 0.3) is 0 Å². The normalized spacial score (nSPS) is 15.8. The van der Waals surface area contributed by atoms with Crippen LogP contribution >= 0.6 is 11.8 Å². The maximum Gasteiger partial charge on any atom is 0.286 e. The zero-order valence-corrected chi connectivity index (χ0v) is 14.0. The third-order valence-corrected chi connectivity index (χ3v) is 5.58. The molecule has 114 valence electrons. The summed E-state index contributed by atoms with van der Waals surface area (Å²) in [5.74, 6) is 0.644. The standard InChI is InChI=1S/C15H20N2O2S2/c1-4-5-6-12-7-8-13-14(9-12)21(18,19)17-15(16-13)20-10-11(2)3/h7-9H,2,4-6,10H2,1,3H3,(H,16,17). The van der Waals surface area contributed by atoms with Crippen molar-refractivity contribution in [1.29, 1.82) is 0 Å². The van der Waals surface area contributed by atoms with Crippen LogP contribution in [0, 0.1) is 0 Å². The van der Waals surface area contributed by atoms with E-state index in [1.54, 1.807) is 6.07 Å². The Labute approximate surface area is 130 Å². The van der Waals surface area contributed by atoms with Crippen molar-refractivity contribution >= 4 is 32.6 Å². The first-order chi connectivity index (χ1) is 9.92. The molecule has 0 bridgehead atoms. The third-order valence-electron chi connectivity index (χ3n) is 3.04. The Balaban J connectivity index is 2.26. The molecular formula is C15H20N2O2S2. The third kappa shape index (κ3) is 4.11. The minimum absolute atomic E-state index is 0.274. The second-order valence-corrected chi connectivity index (χ2v) is 7.71. The van der Waals surface area contributed by atoms with Crippen molar-refractivity contribution in [2.75, 3.05) is 11.1 Å². The molecule has 0 radical (unpaired) electrons. The zero-order chi connectivity index (χ0) is 15.5. The number of anilines is 1. The first kappa shape index (κ1) is 16.1. The van der Waals surface area contributed by atoms with Gasteiger partial charge in [0.1, 0.15) is 4.90 Å². The lowest BCUT2D eigenvalue weighted by molar-refractivity contribution is 0.597. The molecular weight excluding hydrogens is 304 g/mol. The van der Waals surface area contributed by atoms with Gasteiger partial charge in [0.05, 0.1) is 5.69 Å². The summed E-state index contributed by atoms with van der Waals surface area (Å²) in [6, 6.07) is 5.54. The smallest absolute Gasteiger partial charge is 0.286 e. The van der Waals surface area contributed by atoms with E-state index in [4.69, 9.17) is 0 Å². The number of nitrogens with zero attached hydrogens (tertiary/aromatic N) is 1. The average molecular weight is 324 g/mol. The first-order valence-corrected chi connectivity index (χ1v) is 9.37. The monoisotopic (exact) mass is 324 g/mol. The van der Waals surface area contributed by atoms with E-state index in [1.165, 1.54) is 11.8 Å². The number of unbranched alkanes of at least 4 members (excludes halogenated alkanes) is 1. The van der Waals surface area contributed by atoms with Crippen molar-refractivity contribution in [3.05, 3.63) is 35.9 Å². The Morgan fingerprint density at radius 1 is 1.43 bits per heavy atom. The van der Waals surface area contributed by atoms with Gasteiger partial charge in [0.2, 0.25) is 0 Å². The summed E-state index contributed by atoms with van der Waals surface area (Å²) in [5, 5.41) is 3.49. The van der Waals surface area contributed by atoms with Gasteiger partial charge in [-0.2, -0.15) is 8.42 Å². The SMILES string of the molecule is C=C(C)CSC1=NS(=O)(=O)c2cc(CCCC)ccc2N1. The summed E-state index contributed by atoms with van der Waals surface area (Å²) < 4.78 is 28.4. The van der Waals surface area contributed by atoms with Crippen molar-refractivity contribution in [2.24, 2.45) is 4.40 Å². The molecule has 0 unspecified atom stereocenters. The van der Waals surface area contributed by atoms with Crippen LogP contribution in [0.5, 0.6) is 0 Å². The second kappa shape index (κ2) is 6.66. The lowest BCUT2D eigenvalue weighted by Crippen LogP contribution is -2.19. The van der Waals surface area contributed by atoms with Gasteiger partial charge in [0, 0.05) is 5.75 Å². The van der Waals surface area contributed by atoms with Crippen LogP contribution in [0.1, 0.15) is 32.3 Å². The number of amidine groups is 1. The predicted molar refractivity (Wildman–Crippen MR) is 90.6 cm³/mol. The van der Waals surface area contributed by atoms with Gasteiger partial charge in [-0.3, -0.25) is 0 Å². The molecule has 0 saturated carbocycles. The number of hydrogen-bond acceptors (Lipinski definition) is 4. The Hall–Kier alpha value is -1.27. The van der Waals surface area contributed by atoms with Gasteiger partial charge in [-0.1, -0.05) is 43.3 Å². The maximum absolute atomic E-state index is 12.3. The summed E-state index contributed by atoms with van der Waals surface area (Å²) in [6.45, 7) is 7.83. The number of sulfonamides is 1. The molecule has 0 amide bonds. The summed E-state index contributed by atoms with van der Waals surface area (Å²) in [6.07, 6.45) is 3.03. The number of aryl methyl sites for hydroxylation is 1. The fraction of sp³-hybridized carbons (Fsp3) is 0.400. The van der Waals surface area contributed by atoms with E-state index in [-0.39, 0.29) is 4.90 Å². The highest BCUT2D eigenvalue weighted by molar-refractivity contribution is 8.15. The molecule has 0 aliphatic carbocycles. The number of nitrogens with one attached hydrogen (secondary N) is 1. The summed E-state index contributed by atoms with van der Waals surface area (Å²) >= 11 is 1.35. The lowest BCUT2D eigenvalue weighted by atomic mass is 10.1. The van der Waals surface area contributed by atoms with Crippen LogP contribution in [0.4, 0.5) is 5.69 Å². The molecule has 1 aromatic rings. The van der Waals surface area contributed by atoms with Crippen molar-refractivity contribution in [3.8, 4) is 0 Å². The summed E-state index contributed by atoms with van der Waals surface area (Å²) in [5.41, 5.74) is 2.62. The average Bonchev–Trinajstić information content (AvgIpc) is 2.42. The van der Waals surface area contributed by atoms with E-state index in [1.807, 2.05) is 19.1 Å². The molecule has 0 fully saturated rings. The highest BCUT2D eigenvalue weighted by Gasteiger charge is 2.25. The Morgan fingerprint density at radius 2 is 2.19 bits per heavy atom. The van der Waals surface area contributed by atoms with Crippen molar-refractivity contribution < 1.29 is 8.42 Å². The van der Waals surface area contributed by atoms with Crippen LogP contribution in [0.2, 0.25) is 0 Å². The van der Waals surface area contributed by atoms with Crippen LogP contribution < -0.4 is 5.32 Å². The van der Waals surface area contributed by atoms with E-state index in [2.05, 4.69) is 23.2 Å². The molecule has 1 N–H and O–H groups in total. The molecule has 1 aliphatic rings. The van der Waals surface area contributed by atoms with Crippen LogP contribution in [-0.4, -0.2) is 19.3 Å². The largest absolute Gasteiger partial charge is 0.333 e.